The van der Waals surface area contributed by atoms with Crippen molar-refractivity contribution in [2.45, 2.75) is 18.9 Å². The first-order valence-corrected chi connectivity index (χ1v) is 7.10. The van der Waals surface area contributed by atoms with E-state index in [1.165, 1.54) is 6.07 Å². The van der Waals surface area contributed by atoms with E-state index in [1.807, 2.05) is 11.8 Å². The molecular weight excluding hydrogens is 296 g/mol. The first-order chi connectivity index (χ1) is 7.66. The Morgan fingerprint density at radius 2 is 1.88 bits per heavy atom. The van der Waals surface area contributed by atoms with Crippen molar-refractivity contribution in [3.05, 3.63) is 28.2 Å². The van der Waals surface area contributed by atoms with Gasteiger partial charge in [-0.05, 0) is 46.3 Å². The lowest BCUT2D eigenvalue weighted by molar-refractivity contribution is 0.575. The van der Waals surface area contributed by atoms with Gasteiger partial charge in [0.25, 0.3) is 0 Å². The van der Waals surface area contributed by atoms with Gasteiger partial charge in [-0.1, -0.05) is 0 Å². The number of halogens is 3. The van der Waals surface area contributed by atoms with E-state index in [0.717, 1.165) is 30.4 Å². The third kappa shape index (κ3) is 2.88. The Labute approximate surface area is 106 Å². The Kier molecular flexibility index (Phi) is 4.08. The third-order valence-electron chi connectivity index (χ3n) is 2.59. The van der Waals surface area contributed by atoms with Crippen molar-refractivity contribution in [1.29, 1.82) is 0 Å². The lowest BCUT2D eigenvalue weighted by atomic mass is 10.1. The minimum absolute atomic E-state index is 0.293. The SMILES string of the molecule is Fc1cc(F)c(NC2CCSCC2)cc1Br. The number of nitrogens with one attached hydrogen (secondary N) is 1. The minimum atomic E-state index is -0.567. The molecule has 0 spiro atoms. The second-order valence-electron chi connectivity index (χ2n) is 3.78. The molecule has 2 rings (SSSR count). The molecule has 5 heteroatoms. The van der Waals surface area contributed by atoms with Gasteiger partial charge >= 0.3 is 0 Å². The Hall–Kier alpha value is -0.290. The van der Waals surface area contributed by atoms with Crippen LogP contribution in [0.4, 0.5) is 14.5 Å². The summed E-state index contributed by atoms with van der Waals surface area (Å²) in [6, 6.07) is 2.67. The number of rotatable bonds is 2. The standard InChI is InChI=1S/C11H12BrF2NS/c12-8-5-11(10(14)6-9(8)13)15-7-1-3-16-4-2-7/h5-7,15H,1-4H2. The van der Waals surface area contributed by atoms with Crippen molar-refractivity contribution in [2.24, 2.45) is 0 Å². The minimum Gasteiger partial charge on any atom is -0.380 e. The fourth-order valence-electron chi connectivity index (χ4n) is 1.70. The zero-order valence-electron chi connectivity index (χ0n) is 8.60. The topological polar surface area (TPSA) is 12.0 Å². The summed E-state index contributed by atoms with van der Waals surface area (Å²) in [5.41, 5.74) is 0.380. The van der Waals surface area contributed by atoms with Crippen LogP contribution in [0.1, 0.15) is 12.8 Å². The Balaban J connectivity index is 2.11. The van der Waals surface area contributed by atoms with Gasteiger partial charge in [-0.25, -0.2) is 8.78 Å². The van der Waals surface area contributed by atoms with Crippen molar-refractivity contribution >= 4 is 33.4 Å². The third-order valence-corrected chi connectivity index (χ3v) is 4.25. The highest BCUT2D eigenvalue weighted by atomic mass is 79.9. The van der Waals surface area contributed by atoms with Crippen molar-refractivity contribution in [3.8, 4) is 0 Å². The van der Waals surface area contributed by atoms with Gasteiger partial charge in [0.1, 0.15) is 11.6 Å². The summed E-state index contributed by atoms with van der Waals surface area (Å²) in [5, 5.41) is 3.13. The van der Waals surface area contributed by atoms with Crippen LogP contribution in [0.15, 0.2) is 16.6 Å². The maximum absolute atomic E-state index is 13.5. The smallest absolute Gasteiger partial charge is 0.149 e. The van der Waals surface area contributed by atoms with E-state index in [2.05, 4.69) is 21.2 Å². The van der Waals surface area contributed by atoms with Crippen LogP contribution in [0.25, 0.3) is 0 Å². The first kappa shape index (κ1) is 12.2. The van der Waals surface area contributed by atoms with Gasteiger partial charge in [-0.3, -0.25) is 0 Å². The highest BCUT2D eigenvalue weighted by molar-refractivity contribution is 9.10. The maximum Gasteiger partial charge on any atom is 0.149 e. The van der Waals surface area contributed by atoms with Crippen LogP contribution in [-0.2, 0) is 0 Å². The summed E-state index contributed by atoms with van der Waals surface area (Å²) < 4.78 is 26.8. The van der Waals surface area contributed by atoms with Gasteiger partial charge in [-0.2, -0.15) is 11.8 Å². The van der Waals surface area contributed by atoms with Gasteiger partial charge in [0, 0.05) is 12.1 Å². The molecule has 1 fully saturated rings. The van der Waals surface area contributed by atoms with E-state index >= 15 is 0 Å². The number of benzene rings is 1. The second-order valence-corrected chi connectivity index (χ2v) is 5.86. The first-order valence-electron chi connectivity index (χ1n) is 5.15. The van der Waals surface area contributed by atoms with E-state index in [4.69, 9.17) is 0 Å². The molecule has 0 amide bonds. The lowest BCUT2D eigenvalue weighted by Gasteiger charge is -2.24. The molecule has 1 saturated heterocycles. The van der Waals surface area contributed by atoms with Crippen LogP contribution in [0.3, 0.4) is 0 Å². The summed E-state index contributed by atoms with van der Waals surface area (Å²) >= 11 is 4.98. The van der Waals surface area contributed by atoms with Crippen molar-refractivity contribution in [2.75, 3.05) is 16.8 Å². The number of thioether (sulfide) groups is 1. The molecule has 1 aliphatic rings. The highest BCUT2D eigenvalue weighted by Crippen LogP contribution is 2.26. The summed E-state index contributed by atoms with van der Waals surface area (Å²) in [4.78, 5) is 0. The molecule has 16 heavy (non-hydrogen) atoms. The number of hydrogen-bond donors (Lipinski definition) is 1. The molecule has 1 heterocycles. The summed E-state index contributed by atoms with van der Waals surface area (Å²) in [6.07, 6.45) is 2.05. The largest absolute Gasteiger partial charge is 0.380 e. The number of anilines is 1. The zero-order chi connectivity index (χ0) is 11.5. The molecule has 1 nitrogen and oxygen atoms in total. The monoisotopic (exact) mass is 307 g/mol. The zero-order valence-corrected chi connectivity index (χ0v) is 11.0. The van der Waals surface area contributed by atoms with Gasteiger partial charge in [0.2, 0.25) is 0 Å². The molecule has 1 aromatic carbocycles. The van der Waals surface area contributed by atoms with Gasteiger partial charge in [-0.15, -0.1) is 0 Å². The van der Waals surface area contributed by atoms with Crippen molar-refractivity contribution < 1.29 is 8.78 Å². The second kappa shape index (κ2) is 5.36. The van der Waals surface area contributed by atoms with Crippen LogP contribution in [-0.4, -0.2) is 17.5 Å². The Morgan fingerprint density at radius 1 is 1.19 bits per heavy atom. The predicted molar refractivity (Wildman–Crippen MR) is 68.0 cm³/mol. The highest BCUT2D eigenvalue weighted by Gasteiger charge is 2.16. The van der Waals surface area contributed by atoms with Crippen LogP contribution >= 0.6 is 27.7 Å². The van der Waals surface area contributed by atoms with Gasteiger partial charge in [0.15, 0.2) is 0 Å². The quantitative estimate of drug-likeness (QED) is 0.828. The van der Waals surface area contributed by atoms with Crippen LogP contribution < -0.4 is 5.32 Å². The molecule has 0 bridgehead atoms. The van der Waals surface area contributed by atoms with Gasteiger partial charge in [0.05, 0.1) is 10.2 Å². The molecule has 1 aliphatic heterocycles. The molecular formula is C11H12BrF2NS. The van der Waals surface area contributed by atoms with Crippen LogP contribution in [0.2, 0.25) is 0 Å². The van der Waals surface area contributed by atoms with E-state index in [1.54, 1.807) is 0 Å². The predicted octanol–water partition coefficient (Wildman–Crippen LogP) is 4.03. The summed E-state index contributed by atoms with van der Waals surface area (Å²) in [7, 11) is 0. The Bertz CT molecular complexity index is 380. The summed E-state index contributed by atoms with van der Waals surface area (Å²) in [5.74, 6) is 1.10. The molecule has 0 unspecified atom stereocenters. The molecule has 0 aliphatic carbocycles. The van der Waals surface area contributed by atoms with E-state index in [9.17, 15) is 8.78 Å². The fraction of sp³-hybridized carbons (Fsp3) is 0.455. The Morgan fingerprint density at radius 3 is 2.56 bits per heavy atom. The van der Waals surface area contributed by atoms with Crippen molar-refractivity contribution in [3.63, 3.8) is 0 Å². The molecule has 0 aromatic heterocycles. The average molecular weight is 308 g/mol. The fourth-order valence-corrected chi connectivity index (χ4v) is 3.14. The van der Waals surface area contributed by atoms with Crippen LogP contribution in [0.5, 0.6) is 0 Å². The molecule has 88 valence electrons. The van der Waals surface area contributed by atoms with Crippen molar-refractivity contribution in [1.82, 2.24) is 0 Å². The van der Waals surface area contributed by atoms with E-state index < -0.39 is 11.6 Å². The van der Waals surface area contributed by atoms with Crippen LogP contribution in [0, 0.1) is 11.6 Å². The maximum atomic E-state index is 13.5. The molecule has 0 atom stereocenters. The van der Waals surface area contributed by atoms with E-state index in [-0.39, 0.29) is 0 Å². The molecule has 1 aromatic rings. The molecule has 0 saturated carbocycles. The summed E-state index contributed by atoms with van der Waals surface area (Å²) in [6.45, 7) is 0. The number of hydrogen-bond acceptors (Lipinski definition) is 2. The molecule has 0 radical (unpaired) electrons. The normalized spacial score (nSPS) is 17.4. The molecule has 1 N–H and O–H groups in total. The van der Waals surface area contributed by atoms with E-state index in [0.29, 0.717) is 16.2 Å². The lowest BCUT2D eigenvalue weighted by Crippen LogP contribution is -2.25. The average Bonchev–Trinajstić information content (AvgIpc) is 2.27. The van der Waals surface area contributed by atoms with Gasteiger partial charge < -0.3 is 5.32 Å².